The van der Waals surface area contributed by atoms with Gasteiger partial charge in [-0.15, -0.1) is 0 Å². The molecule has 0 saturated heterocycles. The summed E-state index contributed by atoms with van der Waals surface area (Å²) in [7, 11) is 0. The lowest BCUT2D eigenvalue weighted by Gasteiger charge is -2.32. The van der Waals surface area contributed by atoms with E-state index in [0.717, 1.165) is 5.57 Å². The Hall–Kier alpha value is -1.87. The van der Waals surface area contributed by atoms with Gasteiger partial charge in [0.2, 0.25) is 0 Å². The lowest BCUT2D eigenvalue weighted by Crippen LogP contribution is -2.30. The van der Waals surface area contributed by atoms with Crippen molar-refractivity contribution in [1.82, 2.24) is 5.16 Å². The third-order valence-electron chi connectivity index (χ3n) is 6.13. The first-order chi connectivity index (χ1) is 11.2. The molecule has 1 unspecified atom stereocenters. The molecule has 1 heterocycles. The molecule has 0 aliphatic heterocycles. The number of aliphatic hydroxyl groups is 1. The minimum Gasteiger partial charge on any atom is -0.390 e. The number of nitrogens with zero attached hydrogens (tertiary/aromatic N) is 1. The molecule has 1 N–H and O–H groups in total. The molecule has 1 atom stereocenters. The average Bonchev–Trinajstić information content (AvgIpc) is 3.05. The zero-order valence-corrected chi connectivity index (χ0v) is 15.5. The third-order valence-corrected chi connectivity index (χ3v) is 6.13. The topological polar surface area (TPSA) is 46.3 Å². The highest BCUT2D eigenvalue weighted by Gasteiger charge is 2.48. The summed E-state index contributed by atoms with van der Waals surface area (Å²) < 4.78 is 5.25. The fourth-order valence-electron chi connectivity index (χ4n) is 4.02. The summed E-state index contributed by atoms with van der Waals surface area (Å²) in [6.45, 7) is 13.7. The van der Waals surface area contributed by atoms with Gasteiger partial charge < -0.3 is 9.63 Å². The molecular formula is C21H27NO2. The monoisotopic (exact) mass is 325 g/mol. The second-order valence-corrected chi connectivity index (χ2v) is 8.13. The van der Waals surface area contributed by atoms with Gasteiger partial charge in [-0.2, -0.15) is 0 Å². The van der Waals surface area contributed by atoms with Crippen LogP contribution in [-0.4, -0.2) is 10.3 Å². The molecule has 1 aliphatic rings. The first-order valence-electron chi connectivity index (χ1n) is 8.58. The number of allylic oxidation sites excluding steroid dienone is 1. The lowest BCUT2D eigenvalue weighted by molar-refractivity contribution is 0.264. The van der Waals surface area contributed by atoms with Crippen molar-refractivity contribution in [2.45, 2.75) is 59.0 Å². The molecule has 0 saturated carbocycles. The van der Waals surface area contributed by atoms with Crippen LogP contribution < -0.4 is 0 Å². The molecular weight excluding hydrogens is 298 g/mol. The van der Waals surface area contributed by atoms with Crippen LogP contribution in [0.15, 0.2) is 28.8 Å². The first-order valence-corrected chi connectivity index (χ1v) is 8.58. The van der Waals surface area contributed by atoms with Crippen LogP contribution in [0.1, 0.15) is 69.7 Å². The number of aliphatic hydroxyl groups excluding tert-OH is 1. The van der Waals surface area contributed by atoms with Crippen LogP contribution in [0.3, 0.4) is 0 Å². The van der Waals surface area contributed by atoms with Gasteiger partial charge in [-0.25, -0.2) is 0 Å². The molecule has 3 nitrogen and oxygen atoms in total. The number of fused-ring (bicyclic) bond motifs is 1. The minimum atomic E-state index is -0.101. The Balaban J connectivity index is 2.02. The highest BCUT2D eigenvalue weighted by Crippen LogP contribution is 2.53. The highest BCUT2D eigenvalue weighted by molar-refractivity contribution is 5.79. The van der Waals surface area contributed by atoms with Crippen LogP contribution in [0.5, 0.6) is 0 Å². The van der Waals surface area contributed by atoms with Crippen molar-refractivity contribution in [2.24, 2.45) is 5.92 Å². The minimum absolute atomic E-state index is 0.101. The van der Waals surface area contributed by atoms with Gasteiger partial charge in [0.25, 0.3) is 0 Å². The normalized spacial score (nSPS) is 21.8. The zero-order chi connectivity index (χ0) is 17.7. The molecule has 1 aliphatic carbocycles. The van der Waals surface area contributed by atoms with E-state index in [2.05, 4.69) is 64.9 Å². The van der Waals surface area contributed by atoms with E-state index in [-0.39, 0.29) is 17.4 Å². The van der Waals surface area contributed by atoms with E-state index in [9.17, 15) is 0 Å². The van der Waals surface area contributed by atoms with E-state index in [1.54, 1.807) is 6.07 Å². The summed E-state index contributed by atoms with van der Waals surface area (Å²) in [6, 6.07) is 8.58. The van der Waals surface area contributed by atoms with Crippen LogP contribution in [0, 0.1) is 5.92 Å². The Labute approximate surface area is 144 Å². The summed E-state index contributed by atoms with van der Waals surface area (Å²) in [5.41, 5.74) is 6.14. The Morgan fingerprint density at radius 3 is 2.46 bits per heavy atom. The fraction of sp³-hybridized carbons (Fsp3) is 0.476. The van der Waals surface area contributed by atoms with Crippen molar-refractivity contribution in [3.63, 3.8) is 0 Å². The van der Waals surface area contributed by atoms with Crippen LogP contribution in [-0.2, 0) is 17.4 Å². The van der Waals surface area contributed by atoms with E-state index >= 15 is 0 Å². The largest absolute Gasteiger partial charge is 0.390 e. The van der Waals surface area contributed by atoms with Crippen LogP contribution in [0.4, 0.5) is 0 Å². The third kappa shape index (κ3) is 2.51. The van der Waals surface area contributed by atoms with Gasteiger partial charge in [0, 0.05) is 6.07 Å². The van der Waals surface area contributed by atoms with Crippen molar-refractivity contribution >= 4 is 11.6 Å². The second kappa shape index (κ2) is 5.59. The van der Waals surface area contributed by atoms with Gasteiger partial charge in [0.15, 0.2) is 5.76 Å². The summed E-state index contributed by atoms with van der Waals surface area (Å²) in [6.07, 6.45) is 1.98. The number of hydrogen-bond donors (Lipinski definition) is 1. The molecule has 2 aromatic rings. The molecule has 0 radical (unpaired) electrons. The maximum atomic E-state index is 9.10. The summed E-state index contributed by atoms with van der Waals surface area (Å²) in [4.78, 5) is 0. The van der Waals surface area contributed by atoms with E-state index in [4.69, 9.17) is 9.63 Å². The quantitative estimate of drug-likeness (QED) is 0.870. The van der Waals surface area contributed by atoms with Gasteiger partial charge in [0.05, 0.1) is 6.61 Å². The molecule has 3 heteroatoms. The second-order valence-electron chi connectivity index (χ2n) is 8.13. The lowest BCUT2D eigenvalue weighted by atomic mass is 9.71. The molecule has 1 aromatic carbocycles. The maximum Gasteiger partial charge on any atom is 0.160 e. The highest BCUT2D eigenvalue weighted by atomic mass is 16.5. The Kier molecular flexibility index (Phi) is 3.95. The smallest absolute Gasteiger partial charge is 0.160 e. The zero-order valence-electron chi connectivity index (χ0n) is 15.5. The van der Waals surface area contributed by atoms with E-state index in [0.29, 0.717) is 17.4 Å². The molecule has 128 valence electrons. The van der Waals surface area contributed by atoms with Crippen molar-refractivity contribution in [2.75, 3.05) is 0 Å². The number of rotatable bonds is 3. The van der Waals surface area contributed by atoms with Gasteiger partial charge in [0.1, 0.15) is 5.69 Å². The van der Waals surface area contributed by atoms with Crippen LogP contribution in [0.25, 0.3) is 11.6 Å². The number of aromatic nitrogens is 1. The molecule has 3 rings (SSSR count). The fourth-order valence-corrected chi connectivity index (χ4v) is 4.02. The molecule has 24 heavy (non-hydrogen) atoms. The Morgan fingerprint density at radius 2 is 1.83 bits per heavy atom. The SMILES string of the molecule is C/C(=C\c1cc(CO)no1)c1ccc2c(c1)C(C)(C)C(C)C2(C)C. The van der Waals surface area contributed by atoms with E-state index in [1.807, 2.05) is 6.08 Å². The maximum absolute atomic E-state index is 9.10. The molecule has 1 aromatic heterocycles. The summed E-state index contributed by atoms with van der Waals surface area (Å²) in [5.74, 6) is 1.26. The summed E-state index contributed by atoms with van der Waals surface area (Å²) in [5, 5.41) is 12.9. The number of benzene rings is 1. The standard InChI is InChI=1S/C21H27NO2/c1-13(9-17-11-16(12-23)22-24-17)15-7-8-18-19(10-15)21(5,6)14(2)20(18,3)4/h7-11,14,23H,12H2,1-6H3/b13-9+. The molecule has 0 amide bonds. The van der Waals surface area contributed by atoms with E-state index in [1.165, 1.54) is 16.7 Å². The van der Waals surface area contributed by atoms with Gasteiger partial charge >= 0.3 is 0 Å². The predicted octanol–water partition coefficient (Wildman–Crippen LogP) is 4.93. The molecule has 0 spiro atoms. The predicted molar refractivity (Wildman–Crippen MR) is 97.6 cm³/mol. The van der Waals surface area contributed by atoms with Crippen LogP contribution >= 0.6 is 0 Å². The van der Waals surface area contributed by atoms with Crippen molar-refractivity contribution in [3.05, 3.63) is 52.4 Å². The van der Waals surface area contributed by atoms with E-state index < -0.39 is 0 Å². The van der Waals surface area contributed by atoms with Gasteiger partial charge in [-0.1, -0.05) is 58.0 Å². The Morgan fingerprint density at radius 1 is 1.17 bits per heavy atom. The molecule has 0 fully saturated rings. The van der Waals surface area contributed by atoms with Crippen molar-refractivity contribution < 1.29 is 9.63 Å². The van der Waals surface area contributed by atoms with Crippen LogP contribution in [0.2, 0.25) is 0 Å². The molecule has 0 bridgehead atoms. The summed E-state index contributed by atoms with van der Waals surface area (Å²) >= 11 is 0. The average molecular weight is 325 g/mol. The van der Waals surface area contributed by atoms with Crippen molar-refractivity contribution in [1.29, 1.82) is 0 Å². The van der Waals surface area contributed by atoms with Gasteiger partial charge in [-0.3, -0.25) is 0 Å². The number of hydrogen-bond acceptors (Lipinski definition) is 3. The first kappa shape index (κ1) is 17.0. The van der Waals surface area contributed by atoms with Crippen molar-refractivity contribution in [3.8, 4) is 0 Å². The Bertz CT molecular complexity index is 796. The van der Waals surface area contributed by atoms with Gasteiger partial charge in [-0.05, 0) is 52.0 Å².